The number of ether oxygens (including phenoxy) is 1. The van der Waals surface area contributed by atoms with E-state index in [2.05, 4.69) is 6.92 Å². The van der Waals surface area contributed by atoms with Crippen LogP contribution in [0, 0.1) is 6.10 Å². The van der Waals surface area contributed by atoms with Crippen LogP contribution in [0.1, 0.15) is 31.7 Å². The molecule has 1 fully saturated rings. The Hall–Kier alpha value is -1.06. The van der Waals surface area contributed by atoms with Crippen LogP contribution in [-0.4, -0.2) is 13.2 Å². The van der Waals surface area contributed by atoms with Crippen molar-refractivity contribution in [3.05, 3.63) is 35.9 Å². The largest absolute Gasteiger partial charge is 0.493 e. The lowest BCUT2D eigenvalue weighted by Gasteiger charge is -2.13. The number of para-hydroxylation sites is 1. The molecule has 0 atom stereocenters. The van der Waals surface area contributed by atoms with Crippen LogP contribution in [0.25, 0.3) is 0 Å². The molecular weight excluding hydrogens is 204 g/mol. The van der Waals surface area contributed by atoms with E-state index < -0.39 is 0 Å². The Kier molecular flexibility index (Phi) is 4.19. The van der Waals surface area contributed by atoms with E-state index in [0.717, 1.165) is 43.3 Å². The molecule has 1 heterocycles. The molecule has 0 saturated carbocycles. The average Bonchev–Trinajstić information content (AvgIpc) is 2.83. The van der Waals surface area contributed by atoms with Crippen LogP contribution in [0.3, 0.4) is 0 Å². The lowest BCUT2D eigenvalue weighted by Crippen LogP contribution is -2.03. The van der Waals surface area contributed by atoms with Gasteiger partial charge in [0, 0.05) is 12.0 Å². The van der Waals surface area contributed by atoms with Gasteiger partial charge in [0.15, 0.2) is 6.10 Å². The van der Waals surface area contributed by atoms with Crippen LogP contribution < -0.4 is 4.74 Å². The minimum Gasteiger partial charge on any atom is -0.493 e. The Labute approximate surface area is 96.3 Å². The highest BCUT2D eigenvalue weighted by Crippen LogP contribution is 2.32. The van der Waals surface area contributed by atoms with E-state index in [9.17, 15) is 0 Å². The summed E-state index contributed by atoms with van der Waals surface area (Å²) in [4.78, 5) is 10.0. The quantitative estimate of drug-likeness (QED) is 0.565. The molecule has 0 aromatic heterocycles. The van der Waals surface area contributed by atoms with E-state index in [1.54, 1.807) is 0 Å². The fourth-order valence-corrected chi connectivity index (χ4v) is 1.62. The van der Waals surface area contributed by atoms with Crippen molar-refractivity contribution in [1.82, 2.24) is 0 Å². The molecule has 0 spiro atoms. The highest BCUT2D eigenvalue weighted by atomic mass is 17.2. The molecule has 16 heavy (non-hydrogen) atoms. The van der Waals surface area contributed by atoms with E-state index in [-0.39, 0.29) is 0 Å². The first-order chi connectivity index (χ1) is 7.92. The van der Waals surface area contributed by atoms with E-state index in [4.69, 9.17) is 14.5 Å². The smallest absolute Gasteiger partial charge is 0.171 e. The monoisotopic (exact) mass is 221 g/mol. The summed E-state index contributed by atoms with van der Waals surface area (Å²) in [5.74, 6) is 0.886. The number of hydrogen-bond acceptors (Lipinski definition) is 3. The van der Waals surface area contributed by atoms with Crippen molar-refractivity contribution in [3.8, 4) is 5.75 Å². The number of benzene rings is 1. The van der Waals surface area contributed by atoms with Gasteiger partial charge in [0.05, 0.1) is 13.2 Å². The lowest BCUT2D eigenvalue weighted by molar-refractivity contribution is -0.239. The second-order valence-electron chi connectivity index (χ2n) is 3.78. The van der Waals surface area contributed by atoms with Crippen LogP contribution in [-0.2, 0) is 9.78 Å². The third kappa shape index (κ3) is 2.74. The van der Waals surface area contributed by atoms with Gasteiger partial charge in [-0.3, -0.25) is 0 Å². The number of hydrogen-bond donors (Lipinski definition) is 0. The van der Waals surface area contributed by atoms with Gasteiger partial charge in [0.25, 0.3) is 0 Å². The van der Waals surface area contributed by atoms with Gasteiger partial charge >= 0.3 is 0 Å². The van der Waals surface area contributed by atoms with Crippen molar-refractivity contribution in [2.75, 3.05) is 13.2 Å². The van der Waals surface area contributed by atoms with Crippen molar-refractivity contribution < 1.29 is 14.5 Å². The van der Waals surface area contributed by atoms with Crippen molar-refractivity contribution in [2.24, 2.45) is 0 Å². The van der Waals surface area contributed by atoms with Gasteiger partial charge in [-0.1, -0.05) is 31.5 Å². The van der Waals surface area contributed by atoms with Crippen molar-refractivity contribution in [3.63, 3.8) is 0 Å². The summed E-state index contributed by atoms with van der Waals surface area (Å²) in [6, 6.07) is 7.93. The highest BCUT2D eigenvalue weighted by molar-refractivity contribution is 5.41. The van der Waals surface area contributed by atoms with E-state index in [0.29, 0.717) is 6.61 Å². The summed E-state index contributed by atoms with van der Waals surface area (Å²) in [6.07, 6.45) is 3.89. The predicted molar refractivity (Wildman–Crippen MR) is 60.8 cm³/mol. The molecule has 87 valence electrons. The molecule has 0 amide bonds. The summed E-state index contributed by atoms with van der Waals surface area (Å²) in [5, 5.41) is 0. The zero-order chi connectivity index (χ0) is 11.2. The summed E-state index contributed by atoms with van der Waals surface area (Å²) >= 11 is 0. The highest BCUT2D eigenvalue weighted by Gasteiger charge is 2.24. The maximum absolute atomic E-state index is 5.73. The van der Waals surface area contributed by atoms with E-state index in [1.807, 2.05) is 24.3 Å². The minimum atomic E-state index is 0.624. The first-order valence-electron chi connectivity index (χ1n) is 5.79. The van der Waals surface area contributed by atoms with Crippen molar-refractivity contribution in [2.45, 2.75) is 26.2 Å². The second kappa shape index (κ2) is 5.87. The Balaban J connectivity index is 2.04. The second-order valence-corrected chi connectivity index (χ2v) is 3.78. The van der Waals surface area contributed by atoms with Gasteiger partial charge < -0.3 is 4.74 Å². The molecule has 1 aliphatic heterocycles. The first kappa shape index (κ1) is 11.4. The molecular formula is C13H17O3. The summed E-state index contributed by atoms with van der Waals surface area (Å²) in [7, 11) is 0. The third-order valence-corrected chi connectivity index (χ3v) is 2.51. The number of unbranched alkanes of at least 4 members (excludes halogenated alkanes) is 1. The molecule has 2 rings (SSSR count). The predicted octanol–water partition coefficient (Wildman–Crippen LogP) is 3.10. The fraction of sp³-hybridized carbons (Fsp3) is 0.462. The fourth-order valence-electron chi connectivity index (χ4n) is 1.62. The van der Waals surface area contributed by atoms with Crippen LogP contribution >= 0.6 is 0 Å². The zero-order valence-electron chi connectivity index (χ0n) is 9.57. The summed E-state index contributed by atoms with van der Waals surface area (Å²) < 4.78 is 5.73. The summed E-state index contributed by atoms with van der Waals surface area (Å²) in [5.41, 5.74) is 1.01. The van der Waals surface area contributed by atoms with E-state index in [1.165, 1.54) is 0 Å². The standard InChI is InChI=1S/C13H17O3/c1-2-3-9-14-12-7-5-4-6-11(12)13-8-10-15-16-13/h4-7H,2-3,8-10H2,1H3. The maximum atomic E-state index is 5.73. The van der Waals surface area contributed by atoms with Crippen LogP contribution in [0.15, 0.2) is 24.3 Å². The third-order valence-electron chi connectivity index (χ3n) is 2.51. The number of rotatable bonds is 5. The molecule has 1 saturated heterocycles. The van der Waals surface area contributed by atoms with Crippen LogP contribution in [0.5, 0.6) is 5.75 Å². The van der Waals surface area contributed by atoms with Gasteiger partial charge in [0.2, 0.25) is 0 Å². The topological polar surface area (TPSA) is 27.7 Å². The molecule has 1 aliphatic rings. The Bertz CT molecular complexity index is 319. The average molecular weight is 221 g/mol. The molecule has 3 nitrogen and oxygen atoms in total. The van der Waals surface area contributed by atoms with E-state index >= 15 is 0 Å². The van der Waals surface area contributed by atoms with Gasteiger partial charge in [-0.25, -0.2) is 9.78 Å². The minimum absolute atomic E-state index is 0.624. The van der Waals surface area contributed by atoms with Crippen LogP contribution in [0.2, 0.25) is 0 Å². The van der Waals surface area contributed by atoms with Gasteiger partial charge in [-0.15, -0.1) is 0 Å². The summed E-state index contributed by atoms with van der Waals surface area (Å²) in [6.45, 7) is 3.53. The molecule has 1 aromatic carbocycles. The van der Waals surface area contributed by atoms with Gasteiger partial charge in [0.1, 0.15) is 5.75 Å². The Morgan fingerprint density at radius 2 is 2.19 bits per heavy atom. The molecule has 0 bridgehead atoms. The van der Waals surface area contributed by atoms with Crippen LogP contribution in [0.4, 0.5) is 0 Å². The molecule has 1 aromatic rings. The van der Waals surface area contributed by atoms with Crippen molar-refractivity contribution >= 4 is 0 Å². The molecule has 0 aliphatic carbocycles. The molecule has 0 N–H and O–H groups in total. The zero-order valence-corrected chi connectivity index (χ0v) is 9.57. The van der Waals surface area contributed by atoms with Gasteiger partial charge in [-0.05, 0) is 12.5 Å². The molecule has 1 radical (unpaired) electrons. The lowest BCUT2D eigenvalue weighted by atomic mass is 10.1. The SMILES string of the molecule is CCCCOc1ccccc1[C]1CCOO1. The van der Waals surface area contributed by atoms with Crippen molar-refractivity contribution in [1.29, 1.82) is 0 Å². The maximum Gasteiger partial charge on any atom is 0.171 e. The molecule has 3 heteroatoms. The first-order valence-corrected chi connectivity index (χ1v) is 5.79. The van der Waals surface area contributed by atoms with Gasteiger partial charge in [-0.2, -0.15) is 0 Å². The normalized spacial score (nSPS) is 16.6. The molecule has 0 unspecified atom stereocenters. The Morgan fingerprint density at radius 3 is 2.94 bits per heavy atom. The Morgan fingerprint density at radius 1 is 1.31 bits per heavy atom.